The fourth-order valence-corrected chi connectivity index (χ4v) is 9.46. The minimum atomic E-state index is -2.75. The predicted octanol–water partition coefficient (Wildman–Crippen LogP) is 6.98. The summed E-state index contributed by atoms with van der Waals surface area (Å²) in [6.07, 6.45) is 12.7. The van der Waals surface area contributed by atoms with Crippen LogP contribution in [0.2, 0.25) is 0 Å². The van der Waals surface area contributed by atoms with Gasteiger partial charge in [-0.2, -0.15) is 9.97 Å². The van der Waals surface area contributed by atoms with Gasteiger partial charge in [0.2, 0.25) is 11.8 Å². The van der Waals surface area contributed by atoms with E-state index in [4.69, 9.17) is 24.2 Å². The van der Waals surface area contributed by atoms with Gasteiger partial charge >= 0.3 is 0 Å². The van der Waals surface area contributed by atoms with Crippen molar-refractivity contribution in [2.24, 2.45) is 17.3 Å². The van der Waals surface area contributed by atoms with Crippen LogP contribution in [0.1, 0.15) is 89.3 Å². The summed E-state index contributed by atoms with van der Waals surface area (Å²) in [4.78, 5) is 18.6. The van der Waals surface area contributed by atoms with Crippen molar-refractivity contribution in [1.29, 1.82) is 0 Å². The van der Waals surface area contributed by atoms with E-state index in [1.54, 1.807) is 24.3 Å². The van der Waals surface area contributed by atoms with Gasteiger partial charge in [0.1, 0.15) is 11.9 Å². The van der Waals surface area contributed by atoms with Crippen LogP contribution in [0.3, 0.4) is 0 Å². The van der Waals surface area contributed by atoms with E-state index in [2.05, 4.69) is 9.88 Å². The number of anilines is 1. The first kappa shape index (κ1) is 32.3. The molecule has 3 aromatic rings. The van der Waals surface area contributed by atoms with Gasteiger partial charge < -0.3 is 19.1 Å². The van der Waals surface area contributed by atoms with Crippen molar-refractivity contribution in [3.05, 3.63) is 36.2 Å². The number of hydrogen-bond acceptors (Lipinski definition) is 8. The molecule has 48 heavy (non-hydrogen) atoms. The Kier molecular flexibility index (Phi) is 9.53. The van der Waals surface area contributed by atoms with Crippen LogP contribution in [-0.4, -0.2) is 89.2 Å². The minimum Gasteiger partial charge on any atom is -0.474 e. The molecule has 1 unspecified atom stereocenters. The molecule has 0 N–H and O–H groups in total. The van der Waals surface area contributed by atoms with Crippen molar-refractivity contribution in [1.82, 2.24) is 24.4 Å². The lowest BCUT2D eigenvalue weighted by Gasteiger charge is -2.43. The van der Waals surface area contributed by atoms with Crippen molar-refractivity contribution >= 4 is 17.0 Å². The van der Waals surface area contributed by atoms with Crippen LogP contribution in [-0.2, 0) is 9.47 Å². The maximum Gasteiger partial charge on any atom is 0.296 e. The number of nitrogens with zero attached hydrogens (tertiary/aromatic N) is 6. The molecule has 11 heteroatoms. The fourth-order valence-electron chi connectivity index (χ4n) is 9.46. The highest BCUT2D eigenvalue weighted by Gasteiger charge is 2.59. The summed E-state index contributed by atoms with van der Waals surface area (Å²) in [7, 11) is 0. The highest BCUT2D eigenvalue weighted by Crippen LogP contribution is 2.64. The van der Waals surface area contributed by atoms with Gasteiger partial charge in [0, 0.05) is 38.3 Å². The number of ether oxygens (including phenoxy) is 3. The molecule has 1 spiro atoms. The lowest BCUT2D eigenvalue weighted by Crippen LogP contribution is -2.49. The molecule has 2 aromatic heterocycles. The van der Waals surface area contributed by atoms with Crippen LogP contribution in [0.4, 0.5) is 14.7 Å². The molecule has 8 rings (SSSR count). The maximum absolute atomic E-state index is 14.2. The van der Waals surface area contributed by atoms with E-state index in [1.165, 1.54) is 55.9 Å². The molecule has 3 saturated carbocycles. The van der Waals surface area contributed by atoms with E-state index < -0.39 is 6.43 Å². The molecule has 0 radical (unpaired) electrons. The van der Waals surface area contributed by atoms with Gasteiger partial charge in [0.05, 0.1) is 37.5 Å². The van der Waals surface area contributed by atoms with E-state index in [1.807, 2.05) is 11.0 Å². The zero-order valence-electron chi connectivity index (χ0n) is 28.1. The number of rotatable bonds is 10. The van der Waals surface area contributed by atoms with E-state index in [0.717, 1.165) is 69.9 Å². The Morgan fingerprint density at radius 2 is 1.65 bits per heavy atom. The maximum atomic E-state index is 14.2. The molecule has 4 heterocycles. The number of aromatic nitrogens is 4. The lowest BCUT2D eigenvalue weighted by atomic mass is 9.77. The van der Waals surface area contributed by atoms with Crippen LogP contribution >= 0.6 is 0 Å². The second-order valence-corrected chi connectivity index (χ2v) is 14.8. The number of para-hydroxylation sites is 2. The van der Waals surface area contributed by atoms with E-state index in [9.17, 15) is 8.78 Å². The van der Waals surface area contributed by atoms with Crippen LogP contribution in [0, 0.1) is 17.3 Å². The number of fused-ring (bicyclic) bond motifs is 1. The summed E-state index contributed by atoms with van der Waals surface area (Å²) in [6.45, 7) is 6.45. The summed E-state index contributed by atoms with van der Waals surface area (Å²) in [5, 5.41) is 0. The zero-order chi connectivity index (χ0) is 32.5. The van der Waals surface area contributed by atoms with Gasteiger partial charge in [-0.15, -0.1) is 0 Å². The molecule has 260 valence electrons. The third-order valence-corrected chi connectivity index (χ3v) is 12.0. The van der Waals surface area contributed by atoms with Crippen molar-refractivity contribution in [2.45, 2.75) is 95.6 Å². The SMILES string of the molecule is FC(F)c1nc2ccccc2n1-c1cc(OC2CCC(CCCC3C[C@]34CCCC[C@@H]4N3CCOCC3)CC2)nc(N2CCOCC2)n1. The Hall–Kier alpha value is -2.89. The predicted molar refractivity (Wildman–Crippen MR) is 180 cm³/mol. The van der Waals surface area contributed by atoms with Crippen LogP contribution in [0.25, 0.3) is 16.9 Å². The molecule has 5 aliphatic rings. The summed E-state index contributed by atoms with van der Waals surface area (Å²) in [5.74, 6) is 2.60. The second-order valence-electron chi connectivity index (χ2n) is 14.8. The van der Waals surface area contributed by atoms with Crippen molar-refractivity contribution in [3.8, 4) is 11.7 Å². The zero-order valence-corrected chi connectivity index (χ0v) is 28.1. The minimum absolute atomic E-state index is 0.0545. The Bertz CT molecular complexity index is 1530. The Morgan fingerprint density at radius 1 is 0.875 bits per heavy atom. The molecular formula is C37H50F2N6O3. The van der Waals surface area contributed by atoms with Crippen LogP contribution in [0.15, 0.2) is 30.3 Å². The van der Waals surface area contributed by atoms with Gasteiger partial charge in [0.25, 0.3) is 6.43 Å². The first-order chi connectivity index (χ1) is 23.6. The number of benzene rings is 1. The van der Waals surface area contributed by atoms with E-state index in [-0.39, 0.29) is 11.9 Å². The molecular weight excluding hydrogens is 614 g/mol. The third kappa shape index (κ3) is 6.66. The number of halogens is 2. The summed E-state index contributed by atoms with van der Waals surface area (Å²) < 4.78 is 47.7. The highest BCUT2D eigenvalue weighted by molar-refractivity contribution is 5.78. The number of imidazole rings is 1. The summed E-state index contributed by atoms with van der Waals surface area (Å²) in [5.41, 5.74) is 1.69. The molecule has 3 aliphatic carbocycles. The van der Waals surface area contributed by atoms with Gasteiger partial charge in [-0.3, -0.25) is 9.47 Å². The lowest BCUT2D eigenvalue weighted by molar-refractivity contribution is -0.0164. The van der Waals surface area contributed by atoms with Gasteiger partial charge in [0.15, 0.2) is 5.82 Å². The standard InChI is InChI=1S/C37H50F2N6O3/c38-34(39)35-40-29-8-1-2-9-30(29)45(35)32-24-33(42-36(41-32)44-18-22-47-23-19-44)48-28-13-11-26(12-14-28)6-5-7-27-25-37(27)15-4-3-10-31(37)43-16-20-46-21-17-43/h1-2,8-9,24,26-28,31,34H,3-7,10-23,25H2/t26?,27?,28?,31-,37+/m0/s1. The normalized spacial score (nSPS) is 29.9. The van der Waals surface area contributed by atoms with Gasteiger partial charge in [-0.05, 0) is 80.8 Å². The molecule has 3 atom stereocenters. The molecule has 0 amide bonds. The van der Waals surface area contributed by atoms with Gasteiger partial charge in [-0.25, -0.2) is 13.8 Å². The van der Waals surface area contributed by atoms with E-state index in [0.29, 0.717) is 60.4 Å². The number of alkyl halides is 2. The number of hydrogen-bond donors (Lipinski definition) is 0. The molecule has 0 bridgehead atoms. The first-order valence-electron chi connectivity index (χ1n) is 18.5. The van der Waals surface area contributed by atoms with Crippen molar-refractivity contribution in [2.75, 3.05) is 57.5 Å². The fraction of sp³-hybridized carbons (Fsp3) is 0.703. The average molecular weight is 665 g/mol. The number of morpholine rings is 2. The Morgan fingerprint density at radius 3 is 2.44 bits per heavy atom. The quantitative estimate of drug-likeness (QED) is 0.230. The molecule has 1 aromatic carbocycles. The van der Waals surface area contributed by atoms with E-state index >= 15 is 0 Å². The van der Waals surface area contributed by atoms with Crippen molar-refractivity contribution < 1.29 is 23.0 Å². The summed E-state index contributed by atoms with van der Waals surface area (Å²) >= 11 is 0. The molecule has 2 aliphatic heterocycles. The highest BCUT2D eigenvalue weighted by atomic mass is 19.3. The molecule has 2 saturated heterocycles. The van der Waals surface area contributed by atoms with Crippen LogP contribution < -0.4 is 9.64 Å². The largest absolute Gasteiger partial charge is 0.474 e. The molecule has 9 nitrogen and oxygen atoms in total. The average Bonchev–Trinajstić information content (AvgIpc) is 3.64. The monoisotopic (exact) mass is 664 g/mol. The smallest absolute Gasteiger partial charge is 0.296 e. The Labute approximate surface area is 282 Å². The summed E-state index contributed by atoms with van der Waals surface area (Å²) in [6, 6.07) is 9.67. The van der Waals surface area contributed by atoms with Gasteiger partial charge in [-0.1, -0.05) is 37.8 Å². The Balaban J connectivity index is 0.900. The molecule has 5 fully saturated rings. The topological polar surface area (TPSA) is 77.8 Å². The third-order valence-electron chi connectivity index (χ3n) is 12.0. The first-order valence-corrected chi connectivity index (χ1v) is 18.5. The van der Waals surface area contributed by atoms with Crippen molar-refractivity contribution in [3.63, 3.8) is 0 Å². The van der Waals surface area contributed by atoms with Crippen LogP contribution in [0.5, 0.6) is 5.88 Å². The second kappa shape index (κ2) is 14.2.